The number of hydrogen-bond donors (Lipinski definition) is 1. The maximum Gasteiger partial charge on any atom is 0.163 e. The first kappa shape index (κ1) is 22.7. The summed E-state index contributed by atoms with van der Waals surface area (Å²) in [6.07, 6.45) is 3.64. The van der Waals surface area contributed by atoms with Gasteiger partial charge in [0.25, 0.3) is 0 Å². The number of fused-ring (bicyclic) bond motifs is 1. The topological polar surface area (TPSA) is 59.1 Å². The SMILES string of the molecule is CNc1cc(C#CCN2CCOCC2)nc2cc(OCCCN3CCCC3)c(OC)cc12. The molecule has 1 aromatic heterocycles. The highest BCUT2D eigenvalue weighted by molar-refractivity contribution is 5.94. The number of ether oxygens (including phenoxy) is 3. The van der Waals surface area contributed by atoms with Crippen LogP contribution in [0.15, 0.2) is 18.2 Å². The van der Waals surface area contributed by atoms with Crippen LogP contribution >= 0.6 is 0 Å². The van der Waals surface area contributed by atoms with E-state index in [2.05, 4.69) is 27.0 Å². The van der Waals surface area contributed by atoms with Gasteiger partial charge < -0.3 is 24.4 Å². The minimum atomic E-state index is 0.663. The number of nitrogens with zero attached hydrogens (tertiary/aromatic N) is 3. The molecule has 2 aromatic rings. The standard InChI is InChI=1S/C25H34N4O3/c1-26-22-17-20(7-5-10-29-12-15-31-16-13-29)27-23-19-25(24(30-2)18-21(22)23)32-14-6-11-28-8-3-4-9-28/h17-19H,3-4,6,8-16H2,1-2H3,(H,26,27). The molecule has 3 heterocycles. The Bertz CT molecular complexity index is 957. The Morgan fingerprint density at radius 3 is 2.62 bits per heavy atom. The molecule has 0 bridgehead atoms. The molecular weight excluding hydrogens is 404 g/mol. The lowest BCUT2D eigenvalue weighted by Gasteiger charge is -2.24. The van der Waals surface area contributed by atoms with Crippen molar-refractivity contribution in [3.05, 3.63) is 23.9 Å². The average molecular weight is 439 g/mol. The molecule has 0 amide bonds. The highest BCUT2D eigenvalue weighted by atomic mass is 16.5. The number of nitrogens with one attached hydrogen (secondary N) is 1. The Kier molecular flexibility index (Phi) is 8.05. The molecule has 2 saturated heterocycles. The molecule has 7 heteroatoms. The Morgan fingerprint density at radius 2 is 1.88 bits per heavy atom. The third-order valence-corrected chi connectivity index (χ3v) is 6.06. The third kappa shape index (κ3) is 5.83. The van der Waals surface area contributed by atoms with Gasteiger partial charge in [-0.25, -0.2) is 4.98 Å². The molecular formula is C25H34N4O3. The smallest absolute Gasteiger partial charge is 0.163 e. The summed E-state index contributed by atoms with van der Waals surface area (Å²) in [7, 11) is 3.59. The molecule has 0 atom stereocenters. The zero-order valence-corrected chi connectivity index (χ0v) is 19.3. The summed E-state index contributed by atoms with van der Waals surface area (Å²) in [5.74, 6) is 7.95. The predicted octanol–water partition coefficient (Wildman–Crippen LogP) is 2.83. The van der Waals surface area contributed by atoms with E-state index in [-0.39, 0.29) is 0 Å². The quantitative estimate of drug-likeness (QED) is 0.502. The van der Waals surface area contributed by atoms with Crippen LogP contribution in [0.5, 0.6) is 11.5 Å². The van der Waals surface area contributed by atoms with E-state index in [9.17, 15) is 0 Å². The molecule has 172 valence electrons. The van der Waals surface area contributed by atoms with Gasteiger partial charge in [0.05, 0.1) is 39.0 Å². The monoisotopic (exact) mass is 438 g/mol. The van der Waals surface area contributed by atoms with E-state index in [1.165, 1.54) is 25.9 Å². The van der Waals surface area contributed by atoms with Crippen LogP contribution in [-0.2, 0) is 4.74 Å². The lowest BCUT2D eigenvalue weighted by Crippen LogP contribution is -2.36. The van der Waals surface area contributed by atoms with Crippen LogP contribution in [-0.4, -0.2) is 88.0 Å². The van der Waals surface area contributed by atoms with Gasteiger partial charge in [-0.05, 0) is 50.4 Å². The van der Waals surface area contributed by atoms with Crippen molar-refractivity contribution in [3.63, 3.8) is 0 Å². The number of rotatable bonds is 8. The summed E-state index contributed by atoms with van der Waals surface area (Å²) in [5.41, 5.74) is 2.58. The van der Waals surface area contributed by atoms with Crippen molar-refractivity contribution in [2.24, 2.45) is 0 Å². The first-order valence-electron chi connectivity index (χ1n) is 11.6. The number of hydrogen-bond acceptors (Lipinski definition) is 7. The third-order valence-electron chi connectivity index (χ3n) is 6.06. The molecule has 1 aromatic carbocycles. The first-order chi connectivity index (χ1) is 15.8. The van der Waals surface area contributed by atoms with Crippen LogP contribution in [0.25, 0.3) is 10.9 Å². The van der Waals surface area contributed by atoms with Gasteiger partial charge in [-0.1, -0.05) is 5.92 Å². The second-order valence-corrected chi connectivity index (χ2v) is 8.27. The number of pyridine rings is 1. The molecule has 7 nitrogen and oxygen atoms in total. The minimum Gasteiger partial charge on any atom is -0.493 e. The summed E-state index contributed by atoms with van der Waals surface area (Å²) in [6, 6.07) is 5.96. The molecule has 4 rings (SSSR count). The molecule has 0 aliphatic carbocycles. The maximum absolute atomic E-state index is 6.10. The first-order valence-corrected chi connectivity index (χ1v) is 11.6. The fourth-order valence-electron chi connectivity index (χ4n) is 4.25. The number of anilines is 1. The Balaban J connectivity index is 1.48. The van der Waals surface area contributed by atoms with Crippen LogP contribution in [0.2, 0.25) is 0 Å². The molecule has 2 fully saturated rings. The normalized spacial score (nSPS) is 17.2. The summed E-state index contributed by atoms with van der Waals surface area (Å²) in [5, 5.41) is 4.26. The molecule has 0 unspecified atom stereocenters. The van der Waals surface area contributed by atoms with Gasteiger partial charge in [-0.2, -0.15) is 0 Å². The second kappa shape index (κ2) is 11.4. The number of benzene rings is 1. The molecule has 0 spiro atoms. The van der Waals surface area contributed by atoms with E-state index in [0.29, 0.717) is 6.61 Å². The van der Waals surface area contributed by atoms with Crippen LogP contribution in [0.3, 0.4) is 0 Å². The second-order valence-electron chi connectivity index (χ2n) is 8.27. The number of methoxy groups -OCH3 is 1. The van der Waals surface area contributed by atoms with Crippen molar-refractivity contribution in [3.8, 4) is 23.3 Å². The van der Waals surface area contributed by atoms with E-state index in [0.717, 1.165) is 79.6 Å². The number of morpholine rings is 1. The average Bonchev–Trinajstić information content (AvgIpc) is 3.35. The molecule has 32 heavy (non-hydrogen) atoms. The van der Waals surface area contributed by atoms with Crippen LogP contribution < -0.4 is 14.8 Å². The van der Waals surface area contributed by atoms with Crippen molar-refractivity contribution >= 4 is 16.6 Å². The van der Waals surface area contributed by atoms with Gasteiger partial charge in [0.2, 0.25) is 0 Å². The fourth-order valence-corrected chi connectivity index (χ4v) is 4.25. The lowest BCUT2D eigenvalue weighted by atomic mass is 10.1. The van der Waals surface area contributed by atoms with Crippen LogP contribution in [0.4, 0.5) is 5.69 Å². The zero-order valence-electron chi connectivity index (χ0n) is 19.3. The number of likely N-dealkylation sites (tertiary alicyclic amines) is 1. The van der Waals surface area contributed by atoms with Crippen molar-refractivity contribution in [1.29, 1.82) is 0 Å². The van der Waals surface area contributed by atoms with E-state index in [1.807, 2.05) is 25.2 Å². The van der Waals surface area contributed by atoms with Crippen molar-refractivity contribution < 1.29 is 14.2 Å². The van der Waals surface area contributed by atoms with E-state index >= 15 is 0 Å². The lowest BCUT2D eigenvalue weighted by molar-refractivity contribution is 0.0443. The molecule has 0 radical (unpaired) electrons. The van der Waals surface area contributed by atoms with Gasteiger partial charge >= 0.3 is 0 Å². The van der Waals surface area contributed by atoms with E-state index < -0.39 is 0 Å². The summed E-state index contributed by atoms with van der Waals surface area (Å²) in [6.45, 7) is 8.32. The Labute approximate surface area is 191 Å². The molecule has 0 saturated carbocycles. The van der Waals surface area contributed by atoms with Crippen molar-refractivity contribution in [2.75, 3.05) is 78.6 Å². The zero-order chi connectivity index (χ0) is 22.2. The summed E-state index contributed by atoms with van der Waals surface area (Å²) >= 11 is 0. The minimum absolute atomic E-state index is 0.663. The molecule has 2 aliphatic rings. The Morgan fingerprint density at radius 1 is 1.06 bits per heavy atom. The van der Waals surface area contributed by atoms with E-state index in [4.69, 9.17) is 19.2 Å². The van der Waals surface area contributed by atoms with Crippen molar-refractivity contribution in [2.45, 2.75) is 19.3 Å². The van der Waals surface area contributed by atoms with Gasteiger partial charge in [0.15, 0.2) is 11.5 Å². The van der Waals surface area contributed by atoms with Crippen LogP contribution in [0, 0.1) is 11.8 Å². The van der Waals surface area contributed by atoms with E-state index in [1.54, 1.807) is 7.11 Å². The van der Waals surface area contributed by atoms with Crippen molar-refractivity contribution in [1.82, 2.24) is 14.8 Å². The fraction of sp³-hybridized carbons (Fsp3) is 0.560. The van der Waals surface area contributed by atoms with Gasteiger partial charge in [0.1, 0.15) is 5.69 Å². The van der Waals surface area contributed by atoms with Gasteiger partial charge in [0, 0.05) is 43.8 Å². The highest BCUT2D eigenvalue weighted by Crippen LogP contribution is 2.35. The summed E-state index contributed by atoms with van der Waals surface area (Å²) < 4.78 is 17.1. The van der Waals surface area contributed by atoms with Crippen LogP contribution in [0.1, 0.15) is 25.0 Å². The van der Waals surface area contributed by atoms with Gasteiger partial charge in [-0.15, -0.1) is 0 Å². The summed E-state index contributed by atoms with van der Waals surface area (Å²) in [4.78, 5) is 9.60. The molecule has 1 N–H and O–H groups in total. The predicted molar refractivity (Wildman–Crippen MR) is 128 cm³/mol. The number of aromatic nitrogens is 1. The molecule has 2 aliphatic heterocycles. The highest BCUT2D eigenvalue weighted by Gasteiger charge is 2.14. The maximum atomic E-state index is 6.10. The largest absolute Gasteiger partial charge is 0.493 e. The van der Waals surface area contributed by atoms with Gasteiger partial charge in [-0.3, -0.25) is 4.90 Å². The Hall–Kier alpha value is -2.53.